The van der Waals surface area contributed by atoms with Crippen LogP contribution in [0.5, 0.6) is 0 Å². The van der Waals surface area contributed by atoms with Gasteiger partial charge in [0.25, 0.3) is 0 Å². The van der Waals surface area contributed by atoms with Gasteiger partial charge in [-0.1, -0.05) is 0 Å². The third-order valence-corrected chi connectivity index (χ3v) is 5.01. The molecule has 3 aromatic heterocycles. The largest absolute Gasteiger partial charge is 0.361 e. The number of fused-ring (bicyclic) bond motifs is 2. The summed E-state index contributed by atoms with van der Waals surface area (Å²) in [5.74, 6) is 0.475. The Morgan fingerprint density at radius 1 is 1.25 bits per heavy atom. The third-order valence-electron chi connectivity index (χ3n) is 4.54. The van der Waals surface area contributed by atoms with E-state index in [2.05, 4.69) is 41.5 Å². The zero-order chi connectivity index (χ0) is 19.5. The van der Waals surface area contributed by atoms with Gasteiger partial charge in [0, 0.05) is 47.6 Å². The first-order valence-corrected chi connectivity index (χ1v) is 9.75. The molecule has 0 unspecified atom stereocenters. The number of benzene rings is 1. The summed E-state index contributed by atoms with van der Waals surface area (Å²) < 4.78 is 16.5. The van der Waals surface area contributed by atoms with Gasteiger partial charge < -0.3 is 20.0 Å². The number of pyridine rings is 1. The van der Waals surface area contributed by atoms with E-state index in [4.69, 9.17) is 0 Å². The van der Waals surface area contributed by atoms with E-state index in [-0.39, 0.29) is 5.82 Å². The van der Waals surface area contributed by atoms with Crippen molar-refractivity contribution < 1.29 is 4.39 Å². The second-order valence-corrected chi connectivity index (χ2v) is 7.37. The van der Waals surface area contributed by atoms with Crippen LogP contribution in [0.15, 0.2) is 58.4 Å². The fourth-order valence-electron chi connectivity index (χ4n) is 3.17. The van der Waals surface area contributed by atoms with Crippen molar-refractivity contribution in [3.05, 3.63) is 70.5 Å². The van der Waals surface area contributed by atoms with Crippen molar-refractivity contribution in [1.29, 1.82) is 0 Å². The van der Waals surface area contributed by atoms with E-state index in [0.29, 0.717) is 19.0 Å². The van der Waals surface area contributed by atoms with E-state index in [9.17, 15) is 4.39 Å². The van der Waals surface area contributed by atoms with Crippen LogP contribution in [0.3, 0.4) is 0 Å². The fraction of sp³-hybridized carbons (Fsp3) is 0.200. The Balaban J connectivity index is 1.33. The average molecular weight is 443 g/mol. The standard InChI is InChI=1S/C20H20BrFN6/c1-23-20(26-10-16-12-28-11-14(21)2-5-19(28)27-16)24-7-6-13-9-25-18-4-3-15(22)8-17(13)18/h2-5,8-9,11-12,25H,6-7,10H2,1H3,(H2,23,24,26). The molecule has 4 rings (SSSR count). The normalized spacial score (nSPS) is 12.0. The van der Waals surface area contributed by atoms with Crippen molar-refractivity contribution in [3.63, 3.8) is 0 Å². The van der Waals surface area contributed by atoms with Gasteiger partial charge in [-0.25, -0.2) is 9.37 Å². The average Bonchev–Trinajstić information content (AvgIpc) is 3.27. The van der Waals surface area contributed by atoms with E-state index >= 15 is 0 Å². The second kappa shape index (κ2) is 8.02. The number of halogens is 2. The van der Waals surface area contributed by atoms with Crippen molar-refractivity contribution in [2.75, 3.05) is 13.6 Å². The molecule has 3 heterocycles. The van der Waals surface area contributed by atoms with E-state index < -0.39 is 0 Å². The van der Waals surface area contributed by atoms with E-state index in [0.717, 1.165) is 38.7 Å². The molecule has 28 heavy (non-hydrogen) atoms. The van der Waals surface area contributed by atoms with Gasteiger partial charge in [0.05, 0.1) is 12.2 Å². The summed E-state index contributed by atoms with van der Waals surface area (Å²) in [6.07, 6.45) is 6.65. The molecule has 0 aliphatic heterocycles. The van der Waals surface area contributed by atoms with E-state index in [1.165, 1.54) is 6.07 Å². The Hall–Kier alpha value is -2.87. The predicted molar refractivity (Wildman–Crippen MR) is 113 cm³/mol. The Morgan fingerprint density at radius 2 is 2.14 bits per heavy atom. The molecule has 3 N–H and O–H groups in total. The number of nitrogens with one attached hydrogen (secondary N) is 3. The smallest absolute Gasteiger partial charge is 0.191 e. The van der Waals surface area contributed by atoms with E-state index in [1.807, 2.05) is 35.1 Å². The first kappa shape index (κ1) is 18.5. The molecule has 0 aliphatic carbocycles. The second-order valence-electron chi connectivity index (χ2n) is 6.45. The SMILES string of the molecule is CN=C(NCCc1c[nH]c2ccc(F)cc12)NCc1cn2cc(Br)ccc2n1. The molecule has 0 bridgehead atoms. The quantitative estimate of drug-likeness (QED) is 0.326. The highest BCUT2D eigenvalue weighted by atomic mass is 79.9. The maximum absolute atomic E-state index is 13.5. The van der Waals surface area contributed by atoms with Crippen molar-refractivity contribution in [3.8, 4) is 0 Å². The number of aliphatic imine (C=N–C) groups is 1. The minimum atomic E-state index is -0.224. The summed E-state index contributed by atoms with van der Waals surface area (Å²) in [6, 6.07) is 8.72. The van der Waals surface area contributed by atoms with Gasteiger partial charge in [-0.05, 0) is 58.2 Å². The lowest BCUT2D eigenvalue weighted by Crippen LogP contribution is -2.37. The number of hydrogen-bond acceptors (Lipinski definition) is 2. The lowest BCUT2D eigenvalue weighted by atomic mass is 10.1. The van der Waals surface area contributed by atoms with Gasteiger partial charge in [-0.2, -0.15) is 0 Å². The van der Waals surface area contributed by atoms with Crippen LogP contribution >= 0.6 is 15.9 Å². The van der Waals surface area contributed by atoms with Crippen molar-refractivity contribution in [1.82, 2.24) is 25.0 Å². The van der Waals surface area contributed by atoms with Crippen molar-refractivity contribution in [2.24, 2.45) is 4.99 Å². The van der Waals surface area contributed by atoms with Gasteiger partial charge in [0.2, 0.25) is 0 Å². The van der Waals surface area contributed by atoms with Crippen LogP contribution < -0.4 is 10.6 Å². The maximum atomic E-state index is 13.5. The molecule has 0 saturated heterocycles. The Morgan fingerprint density at radius 3 is 3.00 bits per heavy atom. The number of H-pyrrole nitrogens is 1. The van der Waals surface area contributed by atoms with Gasteiger partial charge in [0.15, 0.2) is 5.96 Å². The molecule has 1 aromatic carbocycles. The lowest BCUT2D eigenvalue weighted by molar-refractivity contribution is 0.629. The summed E-state index contributed by atoms with van der Waals surface area (Å²) in [4.78, 5) is 12.0. The minimum Gasteiger partial charge on any atom is -0.361 e. The number of imidazole rings is 1. The minimum absolute atomic E-state index is 0.224. The van der Waals surface area contributed by atoms with Crippen LogP contribution in [-0.4, -0.2) is 33.9 Å². The van der Waals surface area contributed by atoms with Crippen LogP contribution in [0, 0.1) is 5.82 Å². The van der Waals surface area contributed by atoms with Crippen LogP contribution in [-0.2, 0) is 13.0 Å². The molecule has 0 amide bonds. The zero-order valence-corrected chi connectivity index (χ0v) is 16.9. The molecule has 0 aliphatic rings. The molecular weight excluding hydrogens is 423 g/mol. The summed E-state index contributed by atoms with van der Waals surface area (Å²) in [5, 5.41) is 7.48. The topological polar surface area (TPSA) is 69.5 Å². The Bertz CT molecular complexity index is 1150. The van der Waals surface area contributed by atoms with Gasteiger partial charge in [-0.15, -0.1) is 0 Å². The molecule has 0 spiro atoms. The van der Waals surface area contributed by atoms with Crippen molar-refractivity contribution in [2.45, 2.75) is 13.0 Å². The van der Waals surface area contributed by atoms with Gasteiger partial charge in [0.1, 0.15) is 11.5 Å². The van der Waals surface area contributed by atoms with E-state index in [1.54, 1.807) is 19.2 Å². The predicted octanol–water partition coefficient (Wildman–Crippen LogP) is 3.62. The van der Waals surface area contributed by atoms with Crippen molar-refractivity contribution >= 4 is 38.4 Å². The van der Waals surface area contributed by atoms with Crippen LogP contribution in [0.1, 0.15) is 11.3 Å². The summed E-state index contributed by atoms with van der Waals surface area (Å²) in [7, 11) is 1.73. The lowest BCUT2D eigenvalue weighted by Gasteiger charge is -2.10. The number of aromatic amines is 1. The molecule has 4 aromatic rings. The number of hydrogen-bond donors (Lipinski definition) is 3. The molecule has 0 atom stereocenters. The maximum Gasteiger partial charge on any atom is 0.191 e. The molecule has 144 valence electrons. The number of nitrogens with zero attached hydrogens (tertiary/aromatic N) is 3. The van der Waals surface area contributed by atoms with Crippen LogP contribution in [0.2, 0.25) is 0 Å². The number of rotatable bonds is 5. The Kier molecular flexibility index (Phi) is 5.29. The summed E-state index contributed by atoms with van der Waals surface area (Å²) in [6.45, 7) is 1.25. The fourth-order valence-corrected chi connectivity index (χ4v) is 3.52. The molecular formula is C20H20BrFN6. The zero-order valence-electron chi connectivity index (χ0n) is 15.3. The first-order valence-electron chi connectivity index (χ1n) is 8.95. The molecule has 8 heteroatoms. The van der Waals surface area contributed by atoms with Gasteiger partial charge in [-0.3, -0.25) is 4.99 Å². The monoisotopic (exact) mass is 442 g/mol. The van der Waals surface area contributed by atoms with Crippen LogP contribution in [0.4, 0.5) is 4.39 Å². The third kappa shape index (κ3) is 4.01. The molecule has 0 fully saturated rings. The molecule has 0 saturated carbocycles. The summed E-state index contributed by atoms with van der Waals surface area (Å²) >= 11 is 3.46. The number of aromatic nitrogens is 3. The highest BCUT2D eigenvalue weighted by Gasteiger charge is 2.06. The number of guanidine groups is 1. The highest BCUT2D eigenvalue weighted by Crippen LogP contribution is 2.19. The molecule has 6 nitrogen and oxygen atoms in total. The molecule has 0 radical (unpaired) electrons. The highest BCUT2D eigenvalue weighted by molar-refractivity contribution is 9.10. The first-order chi connectivity index (χ1) is 13.6. The summed E-state index contributed by atoms with van der Waals surface area (Å²) in [5.41, 5.74) is 3.84. The van der Waals surface area contributed by atoms with Gasteiger partial charge >= 0.3 is 0 Å². The Labute approximate surface area is 170 Å². The van der Waals surface area contributed by atoms with Crippen LogP contribution in [0.25, 0.3) is 16.6 Å².